The summed E-state index contributed by atoms with van der Waals surface area (Å²) in [5, 5.41) is 13.4. The Morgan fingerprint density at radius 2 is 1.68 bits per heavy atom. The minimum atomic E-state index is -0.674. The van der Waals surface area contributed by atoms with Crippen molar-refractivity contribution < 1.29 is 19.1 Å². The lowest BCUT2D eigenvalue weighted by atomic mass is 9.87. The average Bonchev–Trinajstić information content (AvgIpc) is 3.04. The number of para-hydroxylation sites is 2. The minimum Gasteiger partial charge on any atom is -0.466 e. The summed E-state index contributed by atoms with van der Waals surface area (Å²) >= 11 is 0. The van der Waals surface area contributed by atoms with Gasteiger partial charge < -0.3 is 19.6 Å². The number of carbonyl (C=O) groups excluding carboxylic acids is 1. The number of aryl methyl sites for hydroxylation is 2. The molecular formula is C23H23NO4. The molecule has 1 aliphatic heterocycles. The monoisotopic (exact) mass is 377 g/mol. The quantitative estimate of drug-likeness (QED) is 0.692. The van der Waals surface area contributed by atoms with Gasteiger partial charge in [0, 0.05) is 23.2 Å². The summed E-state index contributed by atoms with van der Waals surface area (Å²) in [6.07, 6.45) is -0.259. The summed E-state index contributed by atoms with van der Waals surface area (Å²) in [4.78, 5) is 13.0. The Bertz CT molecular complexity index is 962. The van der Waals surface area contributed by atoms with Crippen molar-refractivity contribution in [1.29, 1.82) is 0 Å². The van der Waals surface area contributed by atoms with E-state index in [0.29, 0.717) is 30.2 Å². The molecule has 0 spiro atoms. The van der Waals surface area contributed by atoms with Gasteiger partial charge in [-0.1, -0.05) is 36.4 Å². The lowest BCUT2D eigenvalue weighted by Crippen LogP contribution is -2.32. The second kappa shape index (κ2) is 7.52. The van der Waals surface area contributed by atoms with Crippen LogP contribution in [0.15, 0.2) is 59.0 Å². The van der Waals surface area contributed by atoms with Gasteiger partial charge in [0.1, 0.15) is 23.0 Å². The van der Waals surface area contributed by atoms with E-state index in [1.54, 1.807) is 0 Å². The second-order valence-corrected chi connectivity index (χ2v) is 7.07. The highest BCUT2D eigenvalue weighted by atomic mass is 16.5. The van der Waals surface area contributed by atoms with Crippen LogP contribution in [0.3, 0.4) is 0 Å². The highest BCUT2D eigenvalue weighted by Crippen LogP contribution is 2.43. The van der Waals surface area contributed by atoms with E-state index < -0.39 is 12.0 Å². The van der Waals surface area contributed by atoms with Crippen LogP contribution in [0, 0.1) is 13.8 Å². The molecule has 2 heterocycles. The first-order valence-electron chi connectivity index (χ1n) is 9.43. The fraction of sp³-hybridized carbons (Fsp3) is 0.261. The number of aliphatic hydroxyl groups is 1. The van der Waals surface area contributed by atoms with E-state index in [1.165, 1.54) is 0 Å². The van der Waals surface area contributed by atoms with Crippen LogP contribution < -0.4 is 10.1 Å². The van der Waals surface area contributed by atoms with E-state index in [0.717, 1.165) is 22.5 Å². The predicted octanol–water partition coefficient (Wildman–Crippen LogP) is 4.37. The van der Waals surface area contributed by atoms with Gasteiger partial charge >= 0.3 is 0 Å². The Kier molecular flexibility index (Phi) is 4.92. The van der Waals surface area contributed by atoms with Crippen LogP contribution in [0.25, 0.3) is 0 Å². The molecule has 1 atom stereocenters. The maximum atomic E-state index is 13.0. The summed E-state index contributed by atoms with van der Waals surface area (Å²) in [5.74, 6) is 2.35. The van der Waals surface area contributed by atoms with Crippen molar-refractivity contribution >= 4 is 5.91 Å². The van der Waals surface area contributed by atoms with Gasteiger partial charge in [0.25, 0.3) is 0 Å². The third kappa shape index (κ3) is 3.41. The molecule has 1 aromatic heterocycles. The first-order valence-corrected chi connectivity index (χ1v) is 9.43. The van der Waals surface area contributed by atoms with E-state index in [1.807, 2.05) is 68.4 Å². The molecule has 0 fully saturated rings. The smallest absolute Gasteiger partial charge is 0.232 e. The van der Waals surface area contributed by atoms with E-state index in [-0.39, 0.29) is 5.91 Å². The molecule has 0 aliphatic carbocycles. The van der Waals surface area contributed by atoms with Crippen molar-refractivity contribution in [1.82, 2.24) is 5.32 Å². The Morgan fingerprint density at radius 1 is 1.07 bits per heavy atom. The van der Waals surface area contributed by atoms with E-state index >= 15 is 0 Å². The molecule has 28 heavy (non-hydrogen) atoms. The molecule has 4 rings (SSSR count). The second-order valence-electron chi connectivity index (χ2n) is 7.07. The summed E-state index contributed by atoms with van der Waals surface area (Å²) in [6.45, 7) is 4.05. The number of aliphatic hydroxyl groups excluding tert-OH is 1. The number of hydrogen-bond donors (Lipinski definition) is 2. The van der Waals surface area contributed by atoms with Crippen molar-refractivity contribution in [3.05, 3.63) is 82.8 Å². The maximum absolute atomic E-state index is 13.0. The van der Waals surface area contributed by atoms with Crippen molar-refractivity contribution in [3.8, 4) is 11.5 Å². The number of amides is 1. The molecule has 0 radical (unpaired) electrons. The number of hydrogen-bond acceptors (Lipinski definition) is 4. The van der Waals surface area contributed by atoms with Gasteiger partial charge in [0.15, 0.2) is 0 Å². The van der Waals surface area contributed by atoms with Gasteiger partial charge in [-0.3, -0.25) is 4.79 Å². The van der Waals surface area contributed by atoms with Crippen molar-refractivity contribution in [3.63, 3.8) is 0 Å². The lowest BCUT2D eigenvalue weighted by molar-refractivity contribution is -0.121. The summed E-state index contributed by atoms with van der Waals surface area (Å²) in [7, 11) is 0. The number of ether oxygens (including phenoxy) is 1. The van der Waals surface area contributed by atoms with Gasteiger partial charge in [0.2, 0.25) is 5.91 Å². The summed E-state index contributed by atoms with van der Waals surface area (Å²) in [5.41, 5.74) is 2.47. The zero-order chi connectivity index (χ0) is 19.7. The third-order valence-electron chi connectivity index (χ3n) is 5.10. The highest BCUT2D eigenvalue weighted by Gasteiger charge is 2.32. The molecule has 0 saturated carbocycles. The summed E-state index contributed by atoms with van der Waals surface area (Å²) in [6, 6.07) is 17.0. The Balaban J connectivity index is 1.49. The molecule has 5 heteroatoms. The Morgan fingerprint density at radius 3 is 2.25 bits per heavy atom. The molecule has 2 aromatic carbocycles. The van der Waals surface area contributed by atoms with Crippen LogP contribution in [-0.2, 0) is 4.79 Å². The Hall–Kier alpha value is -3.05. The molecular weight excluding hydrogens is 354 g/mol. The largest absolute Gasteiger partial charge is 0.466 e. The lowest BCUT2D eigenvalue weighted by Gasteiger charge is -2.27. The molecule has 144 valence electrons. The number of rotatable bonds is 5. The van der Waals surface area contributed by atoms with Crippen LogP contribution in [0.1, 0.15) is 46.7 Å². The number of nitrogens with one attached hydrogen (secondary N) is 1. The zero-order valence-corrected chi connectivity index (χ0v) is 15.9. The Labute approximate surface area is 164 Å². The van der Waals surface area contributed by atoms with Crippen LogP contribution in [-0.4, -0.2) is 17.6 Å². The molecule has 1 aliphatic rings. The van der Waals surface area contributed by atoms with Gasteiger partial charge in [-0.25, -0.2) is 0 Å². The topological polar surface area (TPSA) is 71.7 Å². The van der Waals surface area contributed by atoms with Gasteiger partial charge in [-0.2, -0.15) is 0 Å². The number of benzene rings is 2. The standard InChI is InChI=1S/C23H23NO4/c1-14-13-18(15(2)27-14)19(25)11-12-24-23(26)22-16-7-3-5-9-20(16)28-21-10-6-4-8-17(21)22/h3-10,13,19,22,25H,11-12H2,1-2H3,(H,24,26). The zero-order valence-electron chi connectivity index (χ0n) is 15.9. The highest BCUT2D eigenvalue weighted by molar-refractivity contribution is 5.89. The molecule has 1 amide bonds. The molecule has 2 N–H and O–H groups in total. The van der Waals surface area contributed by atoms with Crippen LogP contribution in [0.2, 0.25) is 0 Å². The molecule has 0 bridgehead atoms. The normalized spacial score (nSPS) is 14.0. The van der Waals surface area contributed by atoms with Crippen LogP contribution >= 0.6 is 0 Å². The predicted molar refractivity (Wildman–Crippen MR) is 106 cm³/mol. The number of furan rings is 1. The van der Waals surface area contributed by atoms with Crippen molar-refractivity contribution in [2.75, 3.05) is 6.54 Å². The van der Waals surface area contributed by atoms with Crippen LogP contribution in [0.4, 0.5) is 0 Å². The third-order valence-corrected chi connectivity index (χ3v) is 5.10. The van der Waals surface area contributed by atoms with Gasteiger partial charge in [-0.05, 0) is 38.5 Å². The van der Waals surface area contributed by atoms with Crippen molar-refractivity contribution in [2.45, 2.75) is 32.3 Å². The molecule has 3 aromatic rings. The van der Waals surface area contributed by atoms with E-state index in [4.69, 9.17) is 9.15 Å². The van der Waals surface area contributed by atoms with E-state index in [9.17, 15) is 9.90 Å². The SMILES string of the molecule is Cc1cc(C(O)CCNC(=O)C2c3ccccc3Oc3ccccc32)c(C)o1. The average molecular weight is 377 g/mol. The van der Waals surface area contributed by atoms with E-state index in [2.05, 4.69) is 5.32 Å². The van der Waals surface area contributed by atoms with Crippen LogP contribution in [0.5, 0.6) is 11.5 Å². The molecule has 5 nitrogen and oxygen atoms in total. The number of fused-ring (bicyclic) bond motifs is 2. The van der Waals surface area contributed by atoms with Gasteiger partial charge in [-0.15, -0.1) is 0 Å². The molecule has 1 unspecified atom stereocenters. The van der Waals surface area contributed by atoms with Crippen molar-refractivity contribution in [2.24, 2.45) is 0 Å². The fourth-order valence-corrected chi connectivity index (χ4v) is 3.76. The summed E-state index contributed by atoms with van der Waals surface area (Å²) < 4.78 is 11.4. The first-order chi connectivity index (χ1) is 13.5. The molecule has 0 saturated heterocycles. The minimum absolute atomic E-state index is 0.101. The maximum Gasteiger partial charge on any atom is 0.232 e. The van der Waals surface area contributed by atoms with Gasteiger partial charge in [0.05, 0.1) is 12.0 Å². The fourth-order valence-electron chi connectivity index (χ4n) is 3.76. The number of carbonyl (C=O) groups is 1. The first kappa shape index (κ1) is 18.3.